The molecule has 0 radical (unpaired) electrons. The molecule has 4 heterocycles. The number of likely N-dealkylation sites (tertiary alicyclic amines) is 1. The number of carbonyl (C=O) groups is 2. The molecule has 3 aromatic heterocycles. The van der Waals surface area contributed by atoms with Crippen LogP contribution in [-0.2, 0) is 4.79 Å². The number of benzene rings is 1. The molecule has 222 valence electrons. The van der Waals surface area contributed by atoms with E-state index in [4.69, 9.17) is 10.8 Å². The number of hydrogen-bond donors (Lipinski definition) is 1. The predicted octanol–water partition coefficient (Wildman–Crippen LogP) is 3.58. The highest BCUT2D eigenvalue weighted by atomic mass is 16.2. The Morgan fingerprint density at radius 3 is 2.42 bits per heavy atom. The van der Waals surface area contributed by atoms with E-state index in [1.165, 1.54) is 6.33 Å². The molecule has 2 fully saturated rings. The van der Waals surface area contributed by atoms with Crippen molar-refractivity contribution in [3.63, 3.8) is 0 Å². The number of nitrogens with two attached hydrogens (primary N) is 1. The SMILES string of the molecule is Cc1ccnc(N(C)C(=O)c2ccc(-c3nn(C4CC5CN(C(=O)C=CCN(C)C)CC5C4)c4ncnc(N)c34)cc2)c1. The van der Waals surface area contributed by atoms with Gasteiger partial charge in [0, 0.05) is 50.1 Å². The van der Waals surface area contributed by atoms with Crippen LogP contribution in [-0.4, -0.2) is 87.1 Å². The fourth-order valence-electron chi connectivity index (χ4n) is 6.34. The van der Waals surface area contributed by atoms with Crippen molar-refractivity contribution in [2.75, 3.05) is 51.4 Å². The number of aromatic nitrogens is 5. The highest BCUT2D eigenvalue weighted by molar-refractivity contribution is 6.06. The van der Waals surface area contributed by atoms with Gasteiger partial charge in [0.25, 0.3) is 5.91 Å². The van der Waals surface area contributed by atoms with Crippen molar-refractivity contribution >= 4 is 34.5 Å². The van der Waals surface area contributed by atoms with Gasteiger partial charge >= 0.3 is 0 Å². The zero-order valence-corrected chi connectivity index (χ0v) is 25.0. The summed E-state index contributed by atoms with van der Waals surface area (Å²) in [7, 11) is 5.69. The van der Waals surface area contributed by atoms with Crippen LogP contribution in [0.3, 0.4) is 0 Å². The summed E-state index contributed by atoms with van der Waals surface area (Å²) in [5, 5.41) is 5.75. The largest absolute Gasteiger partial charge is 0.383 e. The lowest BCUT2D eigenvalue weighted by molar-refractivity contribution is -0.125. The number of fused-ring (bicyclic) bond motifs is 2. The molecule has 11 nitrogen and oxygen atoms in total. The quantitative estimate of drug-likeness (QED) is 0.329. The van der Waals surface area contributed by atoms with Crippen molar-refractivity contribution in [1.82, 2.24) is 34.5 Å². The van der Waals surface area contributed by atoms with Gasteiger partial charge in [-0.25, -0.2) is 19.6 Å². The first kappa shape index (κ1) is 28.5. The first-order valence-corrected chi connectivity index (χ1v) is 14.6. The number of rotatable bonds is 7. The normalized spacial score (nSPS) is 19.9. The van der Waals surface area contributed by atoms with Crippen LogP contribution in [0.2, 0.25) is 0 Å². The van der Waals surface area contributed by atoms with E-state index in [1.54, 1.807) is 36.4 Å². The molecule has 2 atom stereocenters. The van der Waals surface area contributed by atoms with Gasteiger partial charge in [-0.05, 0) is 75.5 Å². The number of amides is 2. The Kier molecular flexibility index (Phi) is 7.66. The minimum atomic E-state index is -0.152. The lowest BCUT2D eigenvalue weighted by atomic mass is 10.0. The summed E-state index contributed by atoms with van der Waals surface area (Å²) in [6.45, 7) is 4.24. The minimum absolute atomic E-state index is 0.0865. The monoisotopic (exact) mass is 579 g/mol. The Labute approximate surface area is 251 Å². The van der Waals surface area contributed by atoms with E-state index in [9.17, 15) is 9.59 Å². The number of carbonyl (C=O) groups excluding carboxylic acids is 2. The number of likely N-dealkylation sites (N-methyl/N-ethyl adjacent to an activating group) is 1. The van der Waals surface area contributed by atoms with Gasteiger partial charge in [0.15, 0.2) is 5.65 Å². The maximum atomic E-state index is 13.2. The van der Waals surface area contributed by atoms with Crippen LogP contribution in [0.25, 0.3) is 22.3 Å². The zero-order valence-electron chi connectivity index (χ0n) is 25.0. The highest BCUT2D eigenvalue weighted by Crippen LogP contribution is 2.45. The second-order valence-corrected chi connectivity index (χ2v) is 11.9. The fourth-order valence-corrected chi connectivity index (χ4v) is 6.34. The molecular weight excluding hydrogens is 542 g/mol. The summed E-state index contributed by atoms with van der Waals surface area (Å²) in [5.74, 6) is 1.74. The standard InChI is InChI=1S/C32H37N9O2/c1-20-11-12-34-26(14-20)39(4)32(43)22-9-7-21(8-10-22)29-28-30(33)35-19-36-31(28)41(37-29)25-15-23-17-40(18-24(23)16-25)27(42)6-5-13-38(2)3/h5-12,14,19,23-25H,13,15-18H2,1-4H3,(H2,33,35,36). The van der Waals surface area contributed by atoms with Crippen molar-refractivity contribution in [1.29, 1.82) is 0 Å². The molecule has 1 aliphatic heterocycles. The summed E-state index contributed by atoms with van der Waals surface area (Å²) in [4.78, 5) is 44.6. The molecule has 1 aromatic carbocycles. The third-order valence-electron chi connectivity index (χ3n) is 8.59. The van der Waals surface area contributed by atoms with Gasteiger partial charge in [-0.1, -0.05) is 18.2 Å². The molecule has 0 bridgehead atoms. The van der Waals surface area contributed by atoms with E-state index in [0.717, 1.165) is 43.6 Å². The topological polar surface area (TPSA) is 126 Å². The third-order valence-corrected chi connectivity index (χ3v) is 8.59. The van der Waals surface area contributed by atoms with Crippen molar-refractivity contribution in [2.45, 2.75) is 25.8 Å². The zero-order chi connectivity index (χ0) is 30.2. The van der Waals surface area contributed by atoms with E-state index in [0.29, 0.717) is 45.8 Å². The van der Waals surface area contributed by atoms with Crippen molar-refractivity contribution < 1.29 is 9.59 Å². The average Bonchev–Trinajstić information content (AvgIpc) is 3.69. The summed E-state index contributed by atoms with van der Waals surface area (Å²) >= 11 is 0. The average molecular weight is 580 g/mol. The third kappa shape index (κ3) is 5.60. The van der Waals surface area contributed by atoms with Gasteiger partial charge < -0.3 is 15.5 Å². The number of nitrogen functional groups attached to an aromatic ring is 1. The number of hydrogen-bond acceptors (Lipinski definition) is 8. The van der Waals surface area contributed by atoms with Crippen LogP contribution < -0.4 is 10.6 Å². The van der Waals surface area contributed by atoms with E-state index in [2.05, 4.69) is 15.0 Å². The fraction of sp³-hybridized carbons (Fsp3) is 0.375. The van der Waals surface area contributed by atoms with Crippen LogP contribution >= 0.6 is 0 Å². The summed E-state index contributed by atoms with van der Waals surface area (Å²) < 4.78 is 2.00. The van der Waals surface area contributed by atoms with Crippen LogP contribution in [0.4, 0.5) is 11.6 Å². The van der Waals surface area contributed by atoms with Crippen molar-refractivity contribution in [3.05, 3.63) is 72.2 Å². The molecule has 6 rings (SSSR count). The van der Waals surface area contributed by atoms with Crippen molar-refractivity contribution in [2.24, 2.45) is 11.8 Å². The van der Waals surface area contributed by atoms with Crippen LogP contribution in [0.5, 0.6) is 0 Å². The molecule has 43 heavy (non-hydrogen) atoms. The molecule has 2 unspecified atom stereocenters. The van der Waals surface area contributed by atoms with Gasteiger partial charge in [0.2, 0.25) is 5.91 Å². The maximum Gasteiger partial charge on any atom is 0.259 e. The highest BCUT2D eigenvalue weighted by Gasteiger charge is 2.43. The van der Waals surface area contributed by atoms with Gasteiger partial charge in [-0.15, -0.1) is 0 Å². The first-order valence-electron chi connectivity index (χ1n) is 14.6. The summed E-state index contributed by atoms with van der Waals surface area (Å²) in [6, 6.07) is 11.3. The van der Waals surface area contributed by atoms with Gasteiger partial charge in [-0.3, -0.25) is 14.5 Å². The molecule has 1 saturated carbocycles. The Morgan fingerprint density at radius 2 is 1.74 bits per heavy atom. The lowest BCUT2D eigenvalue weighted by Crippen LogP contribution is -2.28. The molecule has 4 aromatic rings. The smallest absolute Gasteiger partial charge is 0.259 e. The van der Waals surface area contributed by atoms with Crippen LogP contribution in [0.15, 0.2) is 61.1 Å². The minimum Gasteiger partial charge on any atom is -0.383 e. The predicted molar refractivity (Wildman–Crippen MR) is 166 cm³/mol. The second-order valence-electron chi connectivity index (χ2n) is 11.9. The molecule has 1 aliphatic carbocycles. The van der Waals surface area contributed by atoms with E-state index in [1.807, 2.05) is 65.8 Å². The molecule has 2 aliphatic rings. The molecule has 2 N–H and O–H groups in total. The number of anilines is 2. The Bertz CT molecular complexity index is 1680. The Hall–Kier alpha value is -4.64. The lowest BCUT2D eigenvalue weighted by Gasteiger charge is -2.18. The van der Waals surface area contributed by atoms with E-state index in [-0.39, 0.29) is 17.9 Å². The molecule has 0 spiro atoms. The number of aryl methyl sites for hydroxylation is 1. The summed E-state index contributed by atoms with van der Waals surface area (Å²) in [5.41, 5.74) is 10.2. The van der Waals surface area contributed by atoms with E-state index >= 15 is 0 Å². The molecule has 1 saturated heterocycles. The van der Waals surface area contributed by atoms with Crippen LogP contribution in [0, 0.1) is 18.8 Å². The molecular formula is C32H37N9O2. The second kappa shape index (κ2) is 11.6. The van der Waals surface area contributed by atoms with Crippen molar-refractivity contribution in [3.8, 4) is 11.3 Å². The van der Waals surface area contributed by atoms with Crippen LogP contribution in [0.1, 0.15) is 34.8 Å². The first-order chi connectivity index (χ1) is 20.7. The Morgan fingerprint density at radius 1 is 1.02 bits per heavy atom. The van der Waals surface area contributed by atoms with E-state index < -0.39 is 0 Å². The molecule has 11 heteroatoms. The van der Waals surface area contributed by atoms with Gasteiger partial charge in [-0.2, -0.15) is 5.10 Å². The number of pyridine rings is 1. The molecule has 2 amide bonds. The van der Waals surface area contributed by atoms with Gasteiger partial charge in [0.1, 0.15) is 23.7 Å². The summed E-state index contributed by atoms with van der Waals surface area (Å²) in [6.07, 6.45) is 8.63. The maximum absolute atomic E-state index is 13.2. The Balaban J connectivity index is 1.21. The number of nitrogens with zero attached hydrogens (tertiary/aromatic N) is 8. The van der Waals surface area contributed by atoms with Gasteiger partial charge in [0.05, 0.1) is 11.4 Å².